The number of alkyl halides is 1. The number of halogens is 1. The molecular weight excluding hydrogens is 827 g/mol. The zero-order chi connectivity index (χ0) is 40.6. The van der Waals surface area contributed by atoms with Crippen molar-refractivity contribution in [1.29, 1.82) is 0 Å². The topological polar surface area (TPSA) is 78.5 Å². The Morgan fingerprint density at radius 1 is 0.845 bits per heavy atom. The lowest BCUT2D eigenvalue weighted by Crippen LogP contribution is -2.47. The first-order valence-electron chi connectivity index (χ1n) is 20.8. The fourth-order valence-corrected chi connectivity index (χ4v) is 9.63. The van der Waals surface area contributed by atoms with Crippen molar-refractivity contribution in [1.82, 2.24) is 25.0 Å². The molecule has 2 saturated heterocycles. The van der Waals surface area contributed by atoms with Gasteiger partial charge in [-0.1, -0.05) is 87.0 Å². The molecule has 2 fully saturated rings. The maximum Gasteiger partial charge on any atom is 0.111 e. The van der Waals surface area contributed by atoms with Crippen LogP contribution in [0.25, 0.3) is 28.0 Å². The standard InChI is InChI=1S/C42H47IN6.C3H7N.C2H6.CH5N.CH4/c1-3-34(16-23-43-2)48-28-21-37-40(10-7-11-41(37)48)47-26-19-35(20-27-47)46-24-17-32(18-25-46)31-12-14-36(15-13-31)49-29-22-38-42(49)30-39(45-44-38)33-8-5-4-6-9-33;1-3-4-2;2*1-2;/h3-15,22,29-30,32,34-35H,1-2,16-21,23-28H2;3-4H,1H2,2H3;1-2H3;2H2,1H3;1H4. The van der Waals surface area contributed by atoms with Crippen molar-refractivity contribution in [3.8, 4) is 16.9 Å². The second-order valence-electron chi connectivity index (χ2n) is 14.4. The van der Waals surface area contributed by atoms with Gasteiger partial charge in [0.15, 0.2) is 0 Å². The minimum atomic E-state index is 0. The number of likely N-dealkylation sites (tertiary alicyclic amines) is 1. The predicted octanol–water partition coefficient (Wildman–Crippen LogP) is 10.2. The maximum atomic E-state index is 4.51. The van der Waals surface area contributed by atoms with Gasteiger partial charge < -0.3 is 30.3 Å². The SMILES string of the molecule is C.C=CC(CCI=C)N1CCc2c(N3CCC(N4CCC(c5ccc(-n6ccc7nnc(-c8ccccc8)cc76)cc5)CC4)CC3)cccc21.C=CNC.CC.CN. The molecule has 0 spiro atoms. The summed E-state index contributed by atoms with van der Waals surface area (Å²) in [6.07, 6.45) is 13.2. The largest absolute Gasteiger partial charge is 0.394 e. The molecule has 312 valence electrons. The molecule has 0 amide bonds. The molecular formula is C49H69IN8. The highest BCUT2D eigenvalue weighted by molar-refractivity contribution is 14.2. The smallest absolute Gasteiger partial charge is 0.111 e. The molecule has 5 aromatic rings. The number of benzene rings is 3. The Morgan fingerprint density at radius 3 is 2.16 bits per heavy atom. The van der Waals surface area contributed by atoms with Crippen LogP contribution in [0.2, 0.25) is 0 Å². The maximum absolute atomic E-state index is 4.51. The van der Waals surface area contributed by atoms with Crippen LogP contribution >= 0.6 is 20.7 Å². The molecule has 0 radical (unpaired) electrons. The third-order valence-corrected chi connectivity index (χ3v) is 12.8. The number of hydrogen-bond donors (Lipinski definition) is 2. The number of piperidine rings is 2. The lowest BCUT2D eigenvalue weighted by atomic mass is 9.88. The van der Waals surface area contributed by atoms with Gasteiger partial charge in [0.2, 0.25) is 0 Å². The second-order valence-corrected chi connectivity index (χ2v) is 16.5. The summed E-state index contributed by atoms with van der Waals surface area (Å²) in [7, 11) is 3.31. The summed E-state index contributed by atoms with van der Waals surface area (Å²) in [6, 6.07) is 31.9. The van der Waals surface area contributed by atoms with Gasteiger partial charge in [-0.05, 0) is 117 Å². The number of fused-ring (bicyclic) bond motifs is 2. The molecule has 3 N–H and O–H groups in total. The van der Waals surface area contributed by atoms with Gasteiger partial charge in [0, 0.05) is 73.2 Å². The van der Waals surface area contributed by atoms with Crippen molar-refractivity contribution in [2.45, 2.75) is 77.8 Å². The van der Waals surface area contributed by atoms with Gasteiger partial charge in [-0.2, -0.15) is 0 Å². The van der Waals surface area contributed by atoms with E-state index in [4.69, 9.17) is 0 Å². The van der Waals surface area contributed by atoms with Crippen LogP contribution in [0.4, 0.5) is 11.4 Å². The van der Waals surface area contributed by atoms with E-state index in [0.29, 0.717) is 18.0 Å². The highest BCUT2D eigenvalue weighted by atomic mass is 127. The fraction of sp³-hybridized carbons (Fsp3) is 0.408. The van der Waals surface area contributed by atoms with Crippen LogP contribution in [0.15, 0.2) is 117 Å². The van der Waals surface area contributed by atoms with Crippen molar-refractivity contribution in [2.75, 3.05) is 61.0 Å². The Kier molecular flexibility index (Phi) is 19.1. The first kappa shape index (κ1) is 46.4. The number of nitrogens with one attached hydrogen (secondary N) is 1. The molecule has 0 bridgehead atoms. The first-order chi connectivity index (χ1) is 28.1. The van der Waals surface area contributed by atoms with E-state index >= 15 is 0 Å². The zero-order valence-corrected chi connectivity index (χ0v) is 36.9. The van der Waals surface area contributed by atoms with Gasteiger partial charge in [0.05, 0.1) is 11.2 Å². The fourth-order valence-electron chi connectivity index (χ4n) is 8.55. The lowest BCUT2D eigenvalue weighted by Gasteiger charge is -2.43. The molecule has 8 rings (SSSR count). The number of anilines is 2. The van der Waals surface area contributed by atoms with Gasteiger partial charge in [-0.25, -0.2) is 0 Å². The Bertz CT molecular complexity index is 1980. The van der Waals surface area contributed by atoms with E-state index in [2.05, 4.69) is 137 Å². The van der Waals surface area contributed by atoms with Crippen molar-refractivity contribution in [3.63, 3.8) is 0 Å². The lowest BCUT2D eigenvalue weighted by molar-refractivity contribution is 0.132. The number of aromatic nitrogens is 3. The monoisotopic (exact) mass is 896 g/mol. The molecule has 1 atom stereocenters. The van der Waals surface area contributed by atoms with Gasteiger partial charge in [0.1, 0.15) is 5.52 Å². The molecule has 3 aromatic carbocycles. The van der Waals surface area contributed by atoms with Crippen LogP contribution < -0.4 is 20.9 Å². The minimum Gasteiger partial charge on any atom is -0.394 e. The number of nitrogens with two attached hydrogens (primary N) is 1. The van der Waals surface area contributed by atoms with E-state index in [0.717, 1.165) is 48.3 Å². The molecule has 5 heterocycles. The predicted molar refractivity (Wildman–Crippen MR) is 263 cm³/mol. The summed E-state index contributed by atoms with van der Waals surface area (Å²) in [5.41, 5.74) is 15.6. The minimum absolute atomic E-state index is 0. The molecule has 3 aliphatic heterocycles. The van der Waals surface area contributed by atoms with Crippen LogP contribution in [-0.4, -0.2) is 87.5 Å². The van der Waals surface area contributed by atoms with Crippen LogP contribution in [0, 0.1) is 0 Å². The number of nitrogens with zero attached hydrogens (tertiary/aromatic N) is 6. The highest BCUT2D eigenvalue weighted by Crippen LogP contribution is 2.39. The average molecular weight is 897 g/mol. The Balaban J connectivity index is 0.000000770. The third kappa shape index (κ3) is 11.0. The summed E-state index contributed by atoms with van der Waals surface area (Å²) >= 11 is 0.0802. The molecule has 9 heteroatoms. The summed E-state index contributed by atoms with van der Waals surface area (Å²) in [5, 5.41) is 11.7. The summed E-state index contributed by atoms with van der Waals surface area (Å²) in [6.45, 7) is 17.4. The quantitative estimate of drug-likeness (QED) is 0.0777. The zero-order valence-electron chi connectivity index (χ0n) is 34.8. The van der Waals surface area contributed by atoms with Crippen LogP contribution in [0.1, 0.15) is 70.4 Å². The van der Waals surface area contributed by atoms with E-state index in [1.165, 1.54) is 79.3 Å². The van der Waals surface area contributed by atoms with Gasteiger partial charge >= 0.3 is 0 Å². The molecule has 58 heavy (non-hydrogen) atoms. The average Bonchev–Trinajstić information content (AvgIpc) is 3.93. The van der Waals surface area contributed by atoms with Gasteiger partial charge in [0.25, 0.3) is 0 Å². The summed E-state index contributed by atoms with van der Waals surface area (Å²) in [5.74, 6) is 0.632. The molecule has 0 aliphatic carbocycles. The van der Waals surface area contributed by atoms with Crippen molar-refractivity contribution >= 4 is 47.7 Å². The molecule has 1 unspecified atom stereocenters. The first-order valence-corrected chi connectivity index (χ1v) is 23.9. The second kappa shape index (κ2) is 23.9. The molecule has 3 aliphatic rings. The van der Waals surface area contributed by atoms with Gasteiger partial charge in [-0.15, -0.1) is 37.5 Å². The van der Waals surface area contributed by atoms with Crippen molar-refractivity contribution in [2.24, 2.45) is 5.73 Å². The van der Waals surface area contributed by atoms with Crippen molar-refractivity contribution in [3.05, 3.63) is 128 Å². The Hall–Kier alpha value is -4.32. The van der Waals surface area contributed by atoms with E-state index in [-0.39, 0.29) is 28.2 Å². The third-order valence-electron chi connectivity index (χ3n) is 11.5. The normalized spacial score (nSPS) is 15.9. The van der Waals surface area contributed by atoms with Crippen LogP contribution in [-0.2, 0) is 6.42 Å². The summed E-state index contributed by atoms with van der Waals surface area (Å²) < 4.78 is 7.66. The number of rotatable bonds is 11. The summed E-state index contributed by atoms with van der Waals surface area (Å²) in [4.78, 5) is 8.09. The van der Waals surface area contributed by atoms with E-state index in [9.17, 15) is 0 Å². The Morgan fingerprint density at radius 2 is 1.52 bits per heavy atom. The van der Waals surface area contributed by atoms with E-state index in [1.807, 2.05) is 39.1 Å². The molecule has 2 aromatic heterocycles. The van der Waals surface area contributed by atoms with Crippen LogP contribution in [0.3, 0.4) is 0 Å². The molecule has 8 nitrogen and oxygen atoms in total. The highest BCUT2D eigenvalue weighted by Gasteiger charge is 2.32. The van der Waals surface area contributed by atoms with Crippen molar-refractivity contribution < 1.29 is 0 Å². The van der Waals surface area contributed by atoms with E-state index in [1.54, 1.807) is 11.8 Å². The Labute approximate surface area is 360 Å². The van der Waals surface area contributed by atoms with E-state index < -0.39 is 0 Å². The van der Waals surface area contributed by atoms with Gasteiger partial charge in [-0.3, -0.25) is 0 Å². The molecule has 0 saturated carbocycles. The van der Waals surface area contributed by atoms with Crippen LogP contribution in [0.5, 0.6) is 0 Å². The number of hydrogen-bond acceptors (Lipinski definition) is 7.